The van der Waals surface area contributed by atoms with E-state index in [2.05, 4.69) is 62.4 Å². The van der Waals surface area contributed by atoms with Gasteiger partial charge in [-0.05, 0) is 31.9 Å². The molecule has 17 heavy (non-hydrogen) atoms. The summed E-state index contributed by atoms with van der Waals surface area (Å²) in [5.41, 5.74) is 6.39. The van der Waals surface area contributed by atoms with E-state index in [-0.39, 0.29) is 0 Å². The van der Waals surface area contributed by atoms with Crippen molar-refractivity contribution in [1.82, 2.24) is 0 Å². The van der Waals surface area contributed by atoms with Crippen LogP contribution in [0.1, 0.15) is 37.2 Å². The zero-order chi connectivity index (χ0) is 12.4. The number of aromatic nitrogens is 1. The fourth-order valence-corrected chi connectivity index (χ4v) is 2.49. The summed E-state index contributed by atoms with van der Waals surface area (Å²) in [6.45, 7) is 8.20. The molecule has 0 N–H and O–H groups in total. The fraction of sp³-hybridized carbons (Fsp3) is 0.312. The van der Waals surface area contributed by atoms with Crippen LogP contribution in [-0.4, -0.2) is 0 Å². The van der Waals surface area contributed by atoms with Gasteiger partial charge in [-0.1, -0.05) is 24.8 Å². The summed E-state index contributed by atoms with van der Waals surface area (Å²) >= 11 is 0. The van der Waals surface area contributed by atoms with Crippen LogP contribution in [0.4, 0.5) is 0 Å². The minimum atomic E-state index is 1.12. The molecule has 0 saturated heterocycles. The molecule has 0 fully saturated rings. The summed E-state index contributed by atoms with van der Waals surface area (Å²) < 4.78 is 2.31. The molecular formula is C16H20N+. The molecule has 0 unspecified atom stereocenters. The third-order valence-electron chi connectivity index (χ3n) is 3.39. The molecule has 1 heteroatoms. The van der Waals surface area contributed by atoms with Crippen LogP contribution in [0.5, 0.6) is 0 Å². The van der Waals surface area contributed by atoms with E-state index in [1.165, 1.54) is 22.5 Å². The van der Waals surface area contributed by atoms with Crippen molar-refractivity contribution < 1.29 is 4.57 Å². The molecule has 0 saturated carbocycles. The van der Waals surface area contributed by atoms with Crippen LogP contribution in [0.2, 0.25) is 0 Å². The molecule has 0 bridgehead atoms. The minimum Gasteiger partial charge on any atom is -0.198 e. The van der Waals surface area contributed by atoms with E-state index in [1.54, 1.807) is 0 Å². The zero-order valence-electron chi connectivity index (χ0n) is 11.0. The largest absolute Gasteiger partial charge is 0.212 e. The van der Waals surface area contributed by atoms with Gasteiger partial charge in [0.1, 0.15) is 7.05 Å². The Morgan fingerprint density at radius 3 is 2.82 bits per heavy atom. The lowest BCUT2D eigenvalue weighted by atomic mass is 9.98. The number of allylic oxidation sites excluding steroid dienone is 4. The van der Waals surface area contributed by atoms with Crippen LogP contribution in [0.15, 0.2) is 36.4 Å². The third kappa shape index (κ3) is 2.10. The predicted octanol–water partition coefficient (Wildman–Crippen LogP) is 3.45. The Kier molecular flexibility index (Phi) is 3.28. The van der Waals surface area contributed by atoms with Gasteiger partial charge in [0.25, 0.3) is 0 Å². The average Bonchev–Trinajstić information content (AvgIpc) is 2.33. The van der Waals surface area contributed by atoms with E-state index in [0.29, 0.717) is 0 Å². The summed E-state index contributed by atoms with van der Waals surface area (Å²) in [5, 5.41) is 0. The number of rotatable bonds is 2. The monoisotopic (exact) mass is 226 g/mol. The zero-order valence-corrected chi connectivity index (χ0v) is 11.0. The second-order valence-electron chi connectivity index (χ2n) is 4.60. The molecule has 0 atom stereocenters. The van der Waals surface area contributed by atoms with Gasteiger partial charge in [0.15, 0.2) is 5.69 Å². The minimum absolute atomic E-state index is 1.12. The van der Waals surface area contributed by atoms with Gasteiger partial charge in [-0.25, -0.2) is 0 Å². The van der Waals surface area contributed by atoms with Gasteiger partial charge in [0.05, 0.1) is 0 Å². The third-order valence-corrected chi connectivity index (χ3v) is 3.39. The quantitative estimate of drug-likeness (QED) is 0.537. The van der Waals surface area contributed by atoms with Gasteiger partial charge in [0.2, 0.25) is 5.69 Å². The van der Waals surface area contributed by atoms with E-state index in [9.17, 15) is 0 Å². The SMILES string of the molecule is C=C(C)/C(=C\C)c1ccc2c([n+]1C)CCC=C2. The molecule has 0 spiro atoms. The second-order valence-corrected chi connectivity index (χ2v) is 4.60. The Morgan fingerprint density at radius 2 is 2.18 bits per heavy atom. The molecule has 2 rings (SSSR count). The number of nitrogens with zero attached hydrogens (tertiary/aromatic N) is 1. The van der Waals surface area contributed by atoms with E-state index in [0.717, 1.165) is 18.4 Å². The molecule has 1 nitrogen and oxygen atoms in total. The van der Waals surface area contributed by atoms with Crippen LogP contribution in [0.25, 0.3) is 11.6 Å². The highest BCUT2D eigenvalue weighted by Gasteiger charge is 2.20. The number of hydrogen-bond donors (Lipinski definition) is 0. The molecule has 1 aliphatic rings. The van der Waals surface area contributed by atoms with E-state index < -0.39 is 0 Å². The van der Waals surface area contributed by atoms with Crippen molar-refractivity contribution in [3.8, 4) is 0 Å². The highest BCUT2D eigenvalue weighted by molar-refractivity contribution is 5.74. The Morgan fingerprint density at radius 1 is 1.41 bits per heavy atom. The van der Waals surface area contributed by atoms with Crippen LogP contribution < -0.4 is 4.57 Å². The van der Waals surface area contributed by atoms with Crippen LogP contribution in [-0.2, 0) is 13.5 Å². The summed E-state index contributed by atoms with van der Waals surface area (Å²) in [7, 11) is 2.15. The normalized spacial score (nSPS) is 14.6. The molecule has 0 radical (unpaired) electrons. The van der Waals surface area contributed by atoms with Gasteiger partial charge in [-0.3, -0.25) is 0 Å². The number of hydrogen-bond acceptors (Lipinski definition) is 0. The Labute approximate surface area is 104 Å². The smallest absolute Gasteiger partial charge is 0.198 e. The summed E-state index contributed by atoms with van der Waals surface area (Å²) in [4.78, 5) is 0. The maximum Gasteiger partial charge on any atom is 0.212 e. The molecule has 1 aromatic rings. The predicted molar refractivity (Wildman–Crippen MR) is 73.4 cm³/mol. The van der Waals surface area contributed by atoms with Gasteiger partial charge < -0.3 is 0 Å². The second kappa shape index (κ2) is 4.70. The van der Waals surface area contributed by atoms with E-state index in [4.69, 9.17) is 0 Å². The van der Waals surface area contributed by atoms with Crippen LogP contribution in [0, 0.1) is 0 Å². The topological polar surface area (TPSA) is 3.88 Å². The van der Waals surface area contributed by atoms with Crippen LogP contribution >= 0.6 is 0 Å². The van der Waals surface area contributed by atoms with Gasteiger partial charge in [-0.15, -0.1) is 0 Å². The standard InChI is InChI=1S/C16H20N/c1-5-14(12(2)3)16-11-10-13-8-6-7-9-15(13)17(16)4/h5-6,8,10-11H,2,7,9H2,1,3-4H3/q+1/b14-5+. The van der Waals surface area contributed by atoms with Gasteiger partial charge in [-0.2, -0.15) is 4.57 Å². The Bertz CT molecular complexity index is 519. The van der Waals surface area contributed by atoms with Gasteiger partial charge >= 0.3 is 0 Å². The first-order valence-electron chi connectivity index (χ1n) is 6.16. The van der Waals surface area contributed by atoms with Crippen molar-refractivity contribution in [3.05, 3.63) is 53.4 Å². The average molecular weight is 226 g/mol. The van der Waals surface area contributed by atoms with Crippen molar-refractivity contribution in [2.24, 2.45) is 7.05 Å². The Hall–Kier alpha value is -1.63. The summed E-state index contributed by atoms with van der Waals surface area (Å²) in [6.07, 6.45) is 8.88. The van der Waals surface area contributed by atoms with Crippen LogP contribution in [0.3, 0.4) is 0 Å². The van der Waals surface area contributed by atoms with Crippen molar-refractivity contribution in [2.45, 2.75) is 26.7 Å². The van der Waals surface area contributed by atoms with Crippen molar-refractivity contribution in [3.63, 3.8) is 0 Å². The van der Waals surface area contributed by atoms with Gasteiger partial charge in [0, 0.05) is 23.6 Å². The molecule has 88 valence electrons. The van der Waals surface area contributed by atoms with Crippen molar-refractivity contribution in [1.29, 1.82) is 0 Å². The molecule has 0 aromatic carbocycles. The number of pyridine rings is 1. The summed E-state index contributed by atoms with van der Waals surface area (Å²) in [6, 6.07) is 4.41. The lowest BCUT2D eigenvalue weighted by Crippen LogP contribution is -2.39. The molecule has 1 aromatic heterocycles. The molecule has 0 amide bonds. The molecule has 0 aliphatic heterocycles. The first kappa shape index (κ1) is 11.8. The maximum absolute atomic E-state index is 4.06. The first-order valence-corrected chi connectivity index (χ1v) is 6.16. The highest BCUT2D eigenvalue weighted by Crippen LogP contribution is 2.22. The molecule has 1 heterocycles. The van der Waals surface area contributed by atoms with Crippen molar-refractivity contribution >= 4 is 11.6 Å². The fourth-order valence-electron chi connectivity index (χ4n) is 2.49. The Balaban J connectivity index is 2.58. The van der Waals surface area contributed by atoms with Crippen molar-refractivity contribution in [2.75, 3.05) is 0 Å². The maximum atomic E-state index is 4.06. The van der Waals surface area contributed by atoms with E-state index in [1.807, 2.05) is 0 Å². The summed E-state index contributed by atoms with van der Waals surface area (Å²) in [5.74, 6) is 0. The molecular weight excluding hydrogens is 206 g/mol. The lowest BCUT2D eigenvalue weighted by molar-refractivity contribution is -0.681. The number of fused-ring (bicyclic) bond motifs is 1. The first-order chi connectivity index (χ1) is 8.15. The van der Waals surface area contributed by atoms with E-state index >= 15 is 0 Å². The lowest BCUT2D eigenvalue weighted by Gasteiger charge is -2.12. The molecule has 1 aliphatic carbocycles. The highest BCUT2D eigenvalue weighted by atomic mass is 14.9.